The normalized spacial score (nSPS) is 18.7. The van der Waals surface area contributed by atoms with Crippen LogP contribution in [0.25, 0.3) is 0 Å². The molecule has 6 heteroatoms. The van der Waals surface area contributed by atoms with Gasteiger partial charge in [0.25, 0.3) is 0 Å². The minimum atomic E-state index is -0.589. The van der Waals surface area contributed by atoms with Crippen LogP contribution < -0.4 is 0 Å². The third kappa shape index (κ3) is 3.16. The summed E-state index contributed by atoms with van der Waals surface area (Å²) in [6.07, 6.45) is 1.41. The minimum Gasteiger partial charge on any atom is -0.430 e. The van der Waals surface area contributed by atoms with Gasteiger partial charge in [-0.1, -0.05) is 16.8 Å². The molecule has 1 amide bonds. The molecule has 0 saturated carbocycles. The van der Waals surface area contributed by atoms with E-state index < -0.39 is 5.56 Å². The molecule has 2 rings (SSSR count). The molecule has 1 saturated heterocycles. The number of alkyl halides is 1. The van der Waals surface area contributed by atoms with Crippen molar-refractivity contribution in [2.45, 2.75) is 38.2 Å². The van der Waals surface area contributed by atoms with Crippen molar-refractivity contribution in [3.05, 3.63) is 17.5 Å². The first kappa shape index (κ1) is 13.2. The molecule has 1 unspecified atom stereocenters. The summed E-state index contributed by atoms with van der Waals surface area (Å²) in [6, 6.07) is 1.96. The van der Waals surface area contributed by atoms with E-state index >= 15 is 0 Å². The quantitative estimate of drug-likeness (QED) is 0.777. The highest BCUT2D eigenvalue weighted by atomic mass is 35.5. The number of hydrogen-bond donors (Lipinski definition) is 0. The fourth-order valence-corrected chi connectivity index (χ4v) is 2.23. The topological polar surface area (TPSA) is 55.6 Å². The standard InChI is InChI=1S/C12H17ClN2O3/c1-8-7-11(14-18-8)10-3-5-15(6-4-10)12(16)17-9(2)13/h7,9-10H,3-6H2,1-2H3. The van der Waals surface area contributed by atoms with Gasteiger partial charge in [-0.05, 0) is 26.7 Å². The van der Waals surface area contributed by atoms with Crippen molar-refractivity contribution >= 4 is 17.7 Å². The molecule has 1 aromatic heterocycles. The highest BCUT2D eigenvalue weighted by Crippen LogP contribution is 2.27. The summed E-state index contributed by atoms with van der Waals surface area (Å²) in [4.78, 5) is 13.3. The van der Waals surface area contributed by atoms with Crippen molar-refractivity contribution in [1.82, 2.24) is 10.1 Å². The van der Waals surface area contributed by atoms with Crippen LogP contribution >= 0.6 is 11.6 Å². The Morgan fingerprint density at radius 2 is 2.28 bits per heavy atom. The number of aromatic nitrogens is 1. The first-order valence-electron chi connectivity index (χ1n) is 6.09. The van der Waals surface area contributed by atoms with Gasteiger partial charge in [0, 0.05) is 25.1 Å². The van der Waals surface area contributed by atoms with E-state index in [-0.39, 0.29) is 6.09 Å². The number of carbonyl (C=O) groups excluding carboxylic acids is 1. The summed E-state index contributed by atoms with van der Waals surface area (Å²) in [5, 5.41) is 4.03. The summed E-state index contributed by atoms with van der Waals surface area (Å²) in [7, 11) is 0. The molecule has 0 spiro atoms. The first-order valence-corrected chi connectivity index (χ1v) is 6.52. The zero-order valence-corrected chi connectivity index (χ0v) is 11.3. The summed E-state index contributed by atoms with van der Waals surface area (Å²) >= 11 is 5.63. The van der Waals surface area contributed by atoms with Crippen LogP contribution in [-0.4, -0.2) is 34.8 Å². The summed E-state index contributed by atoms with van der Waals surface area (Å²) in [5.74, 6) is 1.18. The van der Waals surface area contributed by atoms with Gasteiger partial charge in [0.1, 0.15) is 5.76 Å². The van der Waals surface area contributed by atoms with Crippen LogP contribution in [0.1, 0.15) is 37.1 Å². The zero-order chi connectivity index (χ0) is 13.1. The molecule has 0 bridgehead atoms. The van der Waals surface area contributed by atoms with Crippen LogP contribution in [-0.2, 0) is 4.74 Å². The van der Waals surface area contributed by atoms with E-state index in [2.05, 4.69) is 5.16 Å². The van der Waals surface area contributed by atoms with Crippen LogP contribution in [0.3, 0.4) is 0 Å². The highest BCUT2D eigenvalue weighted by Gasteiger charge is 2.26. The Hall–Kier alpha value is -1.23. The third-order valence-corrected chi connectivity index (χ3v) is 3.17. The van der Waals surface area contributed by atoms with Gasteiger partial charge in [0.15, 0.2) is 5.56 Å². The van der Waals surface area contributed by atoms with E-state index in [0.29, 0.717) is 19.0 Å². The molecule has 0 radical (unpaired) electrons. The Balaban J connectivity index is 1.86. The molecule has 1 aliphatic heterocycles. The van der Waals surface area contributed by atoms with Gasteiger partial charge in [-0.25, -0.2) is 4.79 Å². The summed E-state index contributed by atoms with van der Waals surface area (Å²) in [6.45, 7) is 4.84. The van der Waals surface area contributed by atoms with E-state index in [1.165, 1.54) is 0 Å². The van der Waals surface area contributed by atoms with Gasteiger partial charge in [-0.15, -0.1) is 0 Å². The largest absolute Gasteiger partial charge is 0.430 e. The number of likely N-dealkylation sites (tertiary alicyclic amines) is 1. The van der Waals surface area contributed by atoms with Gasteiger partial charge < -0.3 is 14.2 Å². The Kier molecular flexibility index (Phi) is 4.11. The Morgan fingerprint density at radius 1 is 1.61 bits per heavy atom. The van der Waals surface area contributed by atoms with Crippen LogP contribution in [0.5, 0.6) is 0 Å². The SMILES string of the molecule is Cc1cc(C2CCN(C(=O)OC(C)Cl)CC2)no1. The maximum absolute atomic E-state index is 11.6. The number of ether oxygens (including phenoxy) is 1. The third-order valence-electron chi connectivity index (χ3n) is 3.08. The molecule has 100 valence electrons. The smallest absolute Gasteiger partial charge is 0.411 e. The lowest BCUT2D eigenvalue weighted by molar-refractivity contribution is 0.0863. The zero-order valence-electron chi connectivity index (χ0n) is 10.6. The van der Waals surface area contributed by atoms with Crippen LogP contribution in [0, 0.1) is 6.92 Å². The molecule has 0 N–H and O–H groups in total. The second kappa shape index (κ2) is 5.61. The van der Waals surface area contributed by atoms with Gasteiger partial charge in [0.2, 0.25) is 0 Å². The molecule has 2 heterocycles. The van der Waals surface area contributed by atoms with Crippen LogP contribution in [0.15, 0.2) is 10.6 Å². The van der Waals surface area contributed by atoms with E-state index in [0.717, 1.165) is 24.3 Å². The highest BCUT2D eigenvalue weighted by molar-refractivity contribution is 6.19. The summed E-state index contributed by atoms with van der Waals surface area (Å²) < 4.78 is 10.0. The van der Waals surface area contributed by atoms with Crippen molar-refractivity contribution < 1.29 is 14.1 Å². The monoisotopic (exact) mass is 272 g/mol. The Bertz CT molecular complexity index is 411. The van der Waals surface area contributed by atoms with E-state index in [9.17, 15) is 4.79 Å². The van der Waals surface area contributed by atoms with Gasteiger partial charge in [0.05, 0.1) is 5.69 Å². The molecule has 5 nitrogen and oxygen atoms in total. The lowest BCUT2D eigenvalue weighted by Crippen LogP contribution is -2.39. The average Bonchev–Trinajstić information content (AvgIpc) is 2.75. The molecule has 0 aromatic carbocycles. The number of hydrogen-bond acceptors (Lipinski definition) is 4. The lowest BCUT2D eigenvalue weighted by Gasteiger charge is -2.30. The molecule has 1 atom stereocenters. The molecular weight excluding hydrogens is 256 g/mol. The number of rotatable bonds is 2. The first-order chi connectivity index (χ1) is 8.56. The fraction of sp³-hybridized carbons (Fsp3) is 0.667. The number of piperidine rings is 1. The number of carbonyl (C=O) groups is 1. The second-order valence-electron chi connectivity index (χ2n) is 4.55. The maximum Gasteiger partial charge on any atom is 0.411 e. The molecule has 1 aliphatic rings. The number of nitrogens with zero attached hydrogens (tertiary/aromatic N) is 2. The van der Waals surface area contributed by atoms with Crippen molar-refractivity contribution in [3.8, 4) is 0 Å². The number of halogens is 1. The summed E-state index contributed by atoms with van der Waals surface area (Å²) in [5.41, 5.74) is 0.389. The lowest BCUT2D eigenvalue weighted by atomic mass is 9.94. The van der Waals surface area contributed by atoms with Crippen molar-refractivity contribution in [2.75, 3.05) is 13.1 Å². The van der Waals surface area contributed by atoms with Crippen molar-refractivity contribution in [1.29, 1.82) is 0 Å². The second-order valence-corrected chi connectivity index (χ2v) is 5.17. The number of amides is 1. The van der Waals surface area contributed by atoms with Crippen LogP contribution in [0.2, 0.25) is 0 Å². The Labute approximate surface area is 111 Å². The predicted octanol–water partition coefficient (Wildman–Crippen LogP) is 2.88. The Morgan fingerprint density at radius 3 is 2.78 bits per heavy atom. The average molecular weight is 273 g/mol. The minimum absolute atomic E-state index is 0.340. The molecule has 1 fully saturated rings. The van der Waals surface area contributed by atoms with E-state index in [1.54, 1.807) is 11.8 Å². The molecule has 1 aromatic rings. The fourth-order valence-electron chi connectivity index (χ4n) is 2.15. The maximum atomic E-state index is 11.6. The predicted molar refractivity (Wildman–Crippen MR) is 66.6 cm³/mol. The van der Waals surface area contributed by atoms with Crippen molar-refractivity contribution in [2.24, 2.45) is 0 Å². The van der Waals surface area contributed by atoms with E-state index in [1.807, 2.05) is 13.0 Å². The molecule has 18 heavy (non-hydrogen) atoms. The van der Waals surface area contributed by atoms with E-state index in [4.69, 9.17) is 20.9 Å². The van der Waals surface area contributed by atoms with Gasteiger partial charge >= 0.3 is 6.09 Å². The van der Waals surface area contributed by atoms with Gasteiger partial charge in [-0.2, -0.15) is 0 Å². The van der Waals surface area contributed by atoms with Crippen LogP contribution in [0.4, 0.5) is 4.79 Å². The van der Waals surface area contributed by atoms with Crippen molar-refractivity contribution in [3.63, 3.8) is 0 Å². The molecular formula is C12H17ClN2O3. The van der Waals surface area contributed by atoms with Gasteiger partial charge in [-0.3, -0.25) is 0 Å². The molecule has 0 aliphatic carbocycles. The number of aryl methyl sites for hydroxylation is 1.